The largest absolute Gasteiger partial charge is 0.0804 e. The van der Waals surface area contributed by atoms with Gasteiger partial charge in [-0.1, -0.05) is 53.3 Å². The summed E-state index contributed by atoms with van der Waals surface area (Å²) >= 11 is 3.60. The zero-order valence-electron chi connectivity index (χ0n) is 10.4. The number of rotatable bonds is 2. The van der Waals surface area contributed by atoms with E-state index in [1.54, 1.807) is 5.57 Å². The van der Waals surface area contributed by atoms with Crippen LogP contribution in [-0.4, -0.2) is 19.0 Å². The Morgan fingerprint density at radius 1 is 1.17 bits per heavy atom. The van der Waals surface area contributed by atoms with E-state index in [2.05, 4.69) is 71.5 Å². The highest BCUT2D eigenvalue weighted by Gasteiger charge is 2.34. The van der Waals surface area contributed by atoms with Crippen LogP contribution >= 0.6 is 15.9 Å². The lowest BCUT2D eigenvalue weighted by molar-refractivity contribution is 1.20. The fraction of sp³-hybridized carbons (Fsp3) is 0.200. The van der Waals surface area contributed by atoms with Crippen LogP contribution < -0.4 is 10.4 Å². The van der Waals surface area contributed by atoms with Gasteiger partial charge in [-0.05, 0) is 44.5 Å². The minimum absolute atomic E-state index is 0.270. The fourth-order valence-corrected chi connectivity index (χ4v) is 5.70. The van der Waals surface area contributed by atoms with Gasteiger partial charge >= 0.3 is 0 Å². The Bertz CT molecular complexity index is 679. The minimum atomic E-state index is 0.270. The molecule has 0 fully saturated rings. The normalized spacial score (nSPS) is 19.1. The molecule has 0 N–H and O–H groups in total. The second-order valence-corrected chi connectivity index (χ2v) is 8.53. The van der Waals surface area contributed by atoms with Crippen molar-refractivity contribution in [1.82, 2.24) is 0 Å². The maximum atomic E-state index is 3.60. The van der Waals surface area contributed by atoms with E-state index in [1.807, 2.05) is 0 Å². The van der Waals surface area contributed by atoms with Crippen LogP contribution in [0.1, 0.15) is 0 Å². The lowest BCUT2D eigenvalue weighted by atomic mass is 9.98. The molecule has 3 rings (SSSR count). The summed E-state index contributed by atoms with van der Waals surface area (Å²) in [7, 11) is 1.82. The second-order valence-electron chi connectivity index (χ2n) is 4.54. The summed E-state index contributed by atoms with van der Waals surface area (Å²) in [5.74, 6) is 0. The average Bonchev–Trinajstić information content (AvgIpc) is 2.77. The van der Waals surface area contributed by atoms with Crippen molar-refractivity contribution in [2.45, 2.75) is 17.8 Å². The molecular formula is C15H13BrSi2. The highest BCUT2D eigenvalue weighted by Crippen LogP contribution is 2.44. The summed E-state index contributed by atoms with van der Waals surface area (Å²) in [6, 6.07) is 6.62. The molecule has 0 spiro atoms. The monoisotopic (exact) mass is 328 g/mol. The second kappa shape index (κ2) is 4.47. The molecule has 88 valence electrons. The van der Waals surface area contributed by atoms with Crippen molar-refractivity contribution in [2.75, 3.05) is 0 Å². The number of fused-ring (bicyclic) bond motifs is 2. The van der Waals surface area contributed by atoms with Crippen molar-refractivity contribution in [3.05, 3.63) is 56.9 Å². The molecule has 0 unspecified atom stereocenters. The molecule has 0 saturated carbocycles. The van der Waals surface area contributed by atoms with Crippen molar-refractivity contribution in [3.63, 3.8) is 0 Å². The highest BCUT2D eigenvalue weighted by atomic mass is 79.9. The third-order valence-corrected chi connectivity index (χ3v) is 8.09. The Hall–Kier alpha value is -0.646. The van der Waals surface area contributed by atoms with Gasteiger partial charge in [0.25, 0.3) is 0 Å². The molecule has 0 bridgehead atoms. The van der Waals surface area contributed by atoms with E-state index < -0.39 is 0 Å². The van der Waals surface area contributed by atoms with Gasteiger partial charge in [0, 0.05) is 23.5 Å². The third-order valence-electron chi connectivity index (χ3n) is 3.69. The number of benzene rings is 1. The lowest BCUT2D eigenvalue weighted by Crippen LogP contribution is -2.32. The van der Waals surface area contributed by atoms with Crippen LogP contribution in [0.25, 0.3) is 11.6 Å². The van der Waals surface area contributed by atoms with Gasteiger partial charge in [-0.3, -0.25) is 0 Å². The zero-order valence-corrected chi connectivity index (χ0v) is 14.0. The quantitative estimate of drug-likeness (QED) is 0.732. The maximum Gasteiger partial charge on any atom is 0.0490 e. The number of allylic oxidation sites excluding steroid dienone is 4. The summed E-state index contributed by atoms with van der Waals surface area (Å²) in [6.45, 7) is 4.65. The average molecular weight is 329 g/mol. The summed E-state index contributed by atoms with van der Waals surface area (Å²) in [5, 5.41) is 2.78. The van der Waals surface area contributed by atoms with Gasteiger partial charge in [0.1, 0.15) is 0 Å². The number of halogens is 1. The van der Waals surface area contributed by atoms with Crippen molar-refractivity contribution in [1.29, 1.82) is 0 Å². The standard InChI is InChI=1S/C15H13BrSi2/c1-17-15(18-2)7-3-4-11-8-10-5-6-12(16)9-13(10)14(11)15/h3-9H,1-2H3. The molecule has 0 aliphatic heterocycles. The van der Waals surface area contributed by atoms with Gasteiger partial charge in [-0.2, -0.15) is 0 Å². The maximum absolute atomic E-state index is 3.60. The summed E-state index contributed by atoms with van der Waals surface area (Å²) in [6.07, 6.45) is 9.23. The van der Waals surface area contributed by atoms with Gasteiger partial charge in [-0.25, -0.2) is 0 Å². The van der Waals surface area contributed by atoms with Crippen molar-refractivity contribution >= 4 is 46.6 Å². The molecule has 1 aromatic carbocycles. The topological polar surface area (TPSA) is 0 Å². The van der Waals surface area contributed by atoms with E-state index >= 15 is 0 Å². The van der Waals surface area contributed by atoms with Gasteiger partial charge in [0.15, 0.2) is 0 Å². The number of hydrogen-bond acceptors (Lipinski definition) is 0. The van der Waals surface area contributed by atoms with Gasteiger partial charge < -0.3 is 0 Å². The van der Waals surface area contributed by atoms with E-state index in [9.17, 15) is 0 Å². The Labute approximate surface area is 121 Å². The molecule has 0 nitrogen and oxygen atoms in total. The van der Waals surface area contributed by atoms with Gasteiger partial charge in [0.2, 0.25) is 0 Å². The fourth-order valence-electron chi connectivity index (χ4n) is 2.76. The van der Waals surface area contributed by atoms with Crippen LogP contribution in [0.4, 0.5) is 0 Å². The molecule has 18 heavy (non-hydrogen) atoms. The lowest BCUT2D eigenvalue weighted by Gasteiger charge is -2.32. The van der Waals surface area contributed by atoms with E-state index in [4.69, 9.17) is 0 Å². The predicted octanol–water partition coefficient (Wildman–Crippen LogP) is 2.51. The Balaban J connectivity index is 2.40. The van der Waals surface area contributed by atoms with Crippen LogP contribution in [0.2, 0.25) is 17.8 Å². The van der Waals surface area contributed by atoms with Crippen LogP contribution in [-0.2, 0) is 0 Å². The van der Waals surface area contributed by atoms with Gasteiger partial charge in [0.05, 0.1) is 0 Å². The molecule has 0 atom stereocenters. The van der Waals surface area contributed by atoms with Gasteiger partial charge in [-0.15, -0.1) is 0 Å². The van der Waals surface area contributed by atoms with Crippen LogP contribution in [0.5, 0.6) is 0 Å². The van der Waals surface area contributed by atoms with Crippen LogP contribution in [0, 0.1) is 0 Å². The molecule has 0 heterocycles. The first-order valence-electron chi connectivity index (χ1n) is 6.00. The third kappa shape index (κ3) is 1.68. The minimum Gasteiger partial charge on any atom is -0.0804 e. The highest BCUT2D eigenvalue weighted by molar-refractivity contribution is 9.10. The first-order chi connectivity index (χ1) is 8.70. The molecule has 0 aromatic heterocycles. The Kier molecular flexibility index (Phi) is 3.08. The Morgan fingerprint density at radius 2 is 1.94 bits per heavy atom. The van der Waals surface area contributed by atoms with Crippen molar-refractivity contribution < 1.29 is 0 Å². The first kappa shape index (κ1) is 12.4. The molecule has 0 amide bonds. The van der Waals surface area contributed by atoms with Crippen LogP contribution in [0.3, 0.4) is 0 Å². The van der Waals surface area contributed by atoms with E-state index in [1.165, 1.54) is 20.5 Å². The SMILES string of the molecule is C[Si]C1([Si]C)C=CC=C2C=c3ccc(Br)cc3=C21. The molecule has 2 aliphatic rings. The summed E-state index contributed by atoms with van der Waals surface area (Å²) in [4.78, 5) is 0. The summed E-state index contributed by atoms with van der Waals surface area (Å²) < 4.78 is 1.44. The van der Waals surface area contributed by atoms with E-state index in [-0.39, 0.29) is 4.66 Å². The van der Waals surface area contributed by atoms with E-state index in [0.717, 1.165) is 19.0 Å². The molecule has 1 aromatic rings. The molecule has 4 radical (unpaired) electrons. The van der Waals surface area contributed by atoms with E-state index in [0.29, 0.717) is 0 Å². The van der Waals surface area contributed by atoms with Crippen molar-refractivity contribution in [3.8, 4) is 0 Å². The summed E-state index contributed by atoms with van der Waals surface area (Å²) in [5.41, 5.74) is 2.96. The molecule has 3 heteroatoms. The first-order valence-corrected chi connectivity index (χ1v) is 9.79. The molecular weight excluding hydrogens is 316 g/mol. The zero-order chi connectivity index (χ0) is 12.8. The molecule has 2 aliphatic carbocycles. The smallest absolute Gasteiger partial charge is 0.0490 e. The number of hydrogen-bond donors (Lipinski definition) is 0. The van der Waals surface area contributed by atoms with Crippen LogP contribution in [0.15, 0.2) is 46.5 Å². The predicted molar refractivity (Wildman–Crippen MR) is 84.4 cm³/mol. The molecule has 0 saturated heterocycles. The van der Waals surface area contributed by atoms with Crippen molar-refractivity contribution in [2.24, 2.45) is 0 Å². The Morgan fingerprint density at radius 3 is 2.67 bits per heavy atom.